The molecule has 1 aliphatic heterocycles. The second-order valence-electron chi connectivity index (χ2n) is 6.79. The van der Waals surface area contributed by atoms with Crippen molar-refractivity contribution < 1.29 is 9.53 Å². The van der Waals surface area contributed by atoms with Gasteiger partial charge in [0.05, 0.1) is 22.8 Å². The summed E-state index contributed by atoms with van der Waals surface area (Å²) in [4.78, 5) is 21.0. The first-order valence-electron chi connectivity index (χ1n) is 9.08. The van der Waals surface area contributed by atoms with Gasteiger partial charge in [-0.15, -0.1) is 11.8 Å². The number of nitrogens with zero attached hydrogens (tertiary/aromatic N) is 4. The fourth-order valence-corrected chi connectivity index (χ4v) is 4.39. The summed E-state index contributed by atoms with van der Waals surface area (Å²) in [7, 11) is 0. The fraction of sp³-hybridized carbons (Fsp3) is 0.300. The molecule has 28 heavy (non-hydrogen) atoms. The van der Waals surface area contributed by atoms with Gasteiger partial charge in [0.1, 0.15) is 11.6 Å². The molecule has 3 aromatic rings. The van der Waals surface area contributed by atoms with Crippen LogP contribution in [-0.4, -0.2) is 37.5 Å². The van der Waals surface area contributed by atoms with Gasteiger partial charge >= 0.3 is 0 Å². The van der Waals surface area contributed by atoms with E-state index in [0.717, 1.165) is 22.6 Å². The van der Waals surface area contributed by atoms with Gasteiger partial charge in [0.15, 0.2) is 0 Å². The summed E-state index contributed by atoms with van der Waals surface area (Å²) in [5.41, 5.74) is 2.86. The van der Waals surface area contributed by atoms with E-state index >= 15 is 0 Å². The Labute approximate surface area is 167 Å². The lowest BCUT2D eigenvalue weighted by molar-refractivity contribution is -0.113. The largest absolute Gasteiger partial charge is 0.491 e. The van der Waals surface area contributed by atoms with E-state index < -0.39 is 0 Å². The normalized spacial score (nSPS) is 16.4. The minimum Gasteiger partial charge on any atom is -0.491 e. The molecule has 0 unspecified atom stereocenters. The number of hydrogen-bond donors (Lipinski definition) is 1. The zero-order valence-corrected chi connectivity index (χ0v) is 16.7. The van der Waals surface area contributed by atoms with Crippen LogP contribution in [0.15, 0.2) is 42.7 Å². The van der Waals surface area contributed by atoms with Crippen molar-refractivity contribution in [2.24, 2.45) is 0 Å². The Hall–Kier alpha value is -2.87. The van der Waals surface area contributed by atoms with Gasteiger partial charge in [-0.25, -0.2) is 9.97 Å². The van der Waals surface area contributed by atoms with Crippen LogP contribution in [0.4, 0.5) is 5.82 Å². The molecule has 1 atom stereocenters. The molecule has 2 aromatic heterocycles. The minimum atomic E-state index is -0.0691. The van der Waals surface area contributed by atoms with Gasteiger partial charge in [-0.3, -0.25) is 4.79 Å². The third-order valence-corrected chi connectivity index (χ3v) is 5.55. The molecule has 3 heterocycles. The topological polar surface area (TPSA) is 81.9 Å². The van der Waals surface area contributed by atoms with E-state index in [-0.39, 0.29) is 17.3 Å². The molecule has 0 bridgehead atoms. The van der Waals surface area contributed by atoms with E-state index in [1.165, 1.54) is 0 Å². The maximum absolute atomic E-state index is 12.4. The zero-order chi connectivity index (χ0) is 19.7. The number of fused-ring (bicyclic) bond motifs is 1. The molecule has 1 aromatic carbocycles. The first kappa shape index (κ1) is 18.5. The third-order valence-electron chi connectivity index (χ3n) is 4.28. The Balaban J connectivity index is 1.82. The van der Waals surface area contributed by atoms with Crippen molar-refractivity contribution in [1.29, 1.82) is 0 Å². The van der Waals surface area contributed by atoms with Crippen LogP contribution in [0.1, 0.15) is 35.9 Å². The highest BCUT2D eigenvalue weighted by atomic mass is 32.2. The summed E-state index contributed by atoms with van der Waals surface area (Å²) in [5, 5.41) is 7.55. The lowest BCUT2D eigenvalue weighted by Crippen LogP contribution is -2.16. The molecule has 0 aliphatic carbocycles. The first-order valence-corrected chi connectivity index (χ1v) is 10.1. The maximum Gasteiger partial charge on any atom is 0.252 e. The molecular weight excluding hydrogens is 374 g/mol. The number of rotatable bonds is 4. The van der Waals surface area contributed by atoms with Crippen LogP contribution < -0.4 is 10.1 Å². The molecule has 0 fully saturated rings. The Bertz CT molecular complexity index is 1000. The van der Waals surface area contributed by atoms with Gasteiger partial charge in [0.25, 0.3) is 5.95 Å². The molecule has 8 heteroatoms. The summed E-state index contributed by atoms with van der Waals surface area (Å²) < 4.78 is 7.47. The minimum absolute atomic E-state index is 0.0536. The Morgan fingerprint density at radius 3 is 2.79 bits per heavy atom. The zero-order valence-electron chi connectivity index (χ0n) is 15.9. The lowest BCUT2D eigenvalue weighted by atomic mass is 10.0. The van der Waals surface area contributed by atoms with Crippen molar-refractivity contribution in [3.05, 3.63) is 59.5 Å². The fourth-order valence-electron chi connectivity index (χ4n) is 3.22. The standard InChI is InChI=1S/C20H21N5O2S/c1-12(2)27-15-7-4-6-14(10-15)18-17-13(3)24-25(20-21-8-5-9-22-20)19(17)23-16(26)11-28-18/h4-10,12,18H,11H2,1-3H3,(H,23,26)/t18-/m0/s1. The monoisotopic (exact) mass is 395 g/mol. The van der Waals surface area contributed by atoms with Gasteiger partial charge in [-0.2, -0.15) is 9.78 Å². The molecule has 144 valence electrons. The lowest BCUT2D eigenvalue weighted by Gasteiger charge is -2.17. The number of anilines is 1. The van der Waals surface area contributed by atoms with Crippen LogP contribution >= 0.6 is 11.8 Å². The molecule has 0 spiro atoms. The van der Waals surface area contributed by atoms with Crippen LogP contribution in [0, 0.1) is 6.92 Å². The SMILES string of the molecule is Cc1nn(-c2ncccn2)c2c1[C@H](c1cccc(OC(C)C)c1)SCC(=O)N2. The van der Waals surface area contributed by atoms with Crippen molar-refractivity contribution in [2.45, 2.75) is 32.1 Å². The quantitative estimate of drug-likeness (QED) is 0.728. The number of aryl methyl sites for hydroxylation is 1. The second-order valence-corrected chi connectivity index (χ2v) is 7.88. The van der Waals surface area contributed by atoms with Crippen LogP contribution in [0.3, 0.4) is 0 Å². The summed E-state index contributed by atoms with van der Waals surface area (Å²) >= 11 is 1.58. The summed E-state index contributed by atoms with van der Waals surface area (Å²) in [6.07, 6.45) is 3.41. The van der Waals surface area contributed by atoms with Gasteiger partial charge in [0.2, 0.25) is 5.91 Å². The molecular formula is C20H21N5O2S. The number of aromatic nitrogens is 4. The highest BCUT2D eigenvalue weighted by Gasteiger charge is 2.31. The predicted octanol–water partition coefficient (Wildman–Crippen LogP) is 3.53. The number of ether oxygens (including phenoxy) is 1. The summed E-state index contributed by atoms with van der Waals surface area (Å²) in [5.74, 6) is 2.15. The van der Waals surface area contributed by atoms with Gasteiger partial charge < -0.3 is 10.1 Å². The number of hydrogen-bond acceptors (Lipinski definition) is 6. The smallest absolute Gasteiger partial charge is 0.252 e. The first-order chi connectivity index (χ1) is 13.5. The van der Waals surface area contributed by atoms with Crippen LogP contribution in [0.5, 0.6) is 5.75 Å². The molecule has 1 N–H and O–H groups in total. The number of nitrogens with one attached hydrogen (secondary N) is 1. The van der Waals surface area contributed by atoms with Crippen molar-refractivity contribution >= 4 is 23.5 Å². The number of carbonyl (C=O) groups excluding carboxylic acids is 1. The molecule has 4 rings (SSSR count). The van der Waals surface area contributed by atoms with E-state index in [1.54, 1.807) is 34.9 Å². The number of carbonyl (C=O) groups is 1. The number of benzene rings is 1. The van der Waals surface area contributed by atoms with E-state index in [4.69, 9.17) is 4.74 Å². The van der Waals surface area contributed by atoms with Crippen LogP contribution in [-0.2, 0) is 4.79 Å². The van der Waals surface area contributed by atoms with E-state index in [2.05, 4.69) is 26.4 Å². The van der Waals surface area contributed by atoms with Gasteiger partial charge in [-0.1, -0.05) is 12.1 Å². The van der Waals surface area contributed by atoms with E-state index in [1.807, 2.05) is 39.0 Å². The highest BCUT2D eigenvalue weighted by Crippen LogP contribution is 2.44. The maximum atomic E-state index is 12.4. The van der Waals surface area contributed by atoms with Gasteiger partial charge in [0, 0.05) is 18.0 Å². The molecule has 0 saturated heterocycles. The van der Waals surface area contributed by atoms with Crippen molar-refractivity contribution in [3.8, 4) is 11.7 Å². The van der Waals surface area contributed by atoms with Crippen LogP contribution in [0.25, 0.3) is 5.95 Å². The highest BCUT2D eigenvalue weighted by molar-refractivity contribution is 8.00. The molecule has 0 radical (unpaired) electrons. The van der Waals surface area contributed by atoms with Gasteiger partial charge in [-0.05, 0) is 44.5 Å². The molecule has 0 saturated carbocycles. The average molecular weight is 395 g/mol. The summed E-state index contributed by atoms with van der Waals surface area (Å²) in [6.45, 7) is 5.95. The molecule has 7 nitrogen and oxygen atoms in total. The average Bonchev–Trinajstić information content (AvgIpc) is 2.88. The van der Waals surface area contributed by atoms with E-state index in [9.17, 15) is 4.79 Å². The van der Waals surface area contributed by atoms with Crippen LogP contribution in [0.2, 0.25) is 0 Å². The Kier molecular flexibility index (Phi) is 5.04. The Morgan fingerprint density at radius 1 is 1.25 bits per heavy atom. The van der Waals surface area contributed by atoms with E-state index in [0.29, 0.717) is 17.5 Å². The molecule has 1 aliphatic rings. The third kappa shape index (κ3) is 3.60. The second kappa shape index (κ2) is 7.63. The molecule has 1 amide bonds. The predicted molar refractivity (Wildman–Crippen MR) is 109 cm³/mol. The number of amides is 1. The number of thioether (sulfide) groups is 1. The summed E-state index contributed by atoms with van der Waals surface area (Å²) in [6, 6.07) is 9.76. The van der Waals surface area contributed by atoms with Crippen molar-refractivity contribution in [3.63, 3.8) is 0 Å². The Morgan fingerprint density at radius 2 is 2.04 bits per heavy atom. The van der Waals surface area contributed by atoms with Crippen molar-refractivity contribution in [2.75, 3.05) is 11.1 Å². The van der Waals surface area contributed by atoms with Crippen molar-refractivity contribution in [1.82, 2.24) is 19.7 Å².